The molecule has 0 aromatic heterocycles. The summed E-state index contributed by atoms with van der Waals surface area (Å²) in [6.45, 7) is 7.18. The normalized spacial score (nSPS) is 13.7. The first-order valence-electron chi connectivity index (χ1n) is 45.5. The molecule has 5 rings (SSSR count). The molecule has 0 spiro atoms. The fourth-order valence-corrected chi connectivity index (χ4v) is 14.8. The number of carbonyl (C=O) groups excluding carboxylic acids is 14. The van der Waals surface area contributed by atoms with Crippen LogP contribution < -0.4 is 113 Å². The molecule has 51 heteroatoms. The van der Waals surface area contributed by atoms with Gasteiger partial charge < -0.3 is 133 Å². The minimum Gasteiger partial charge on any atom is -0.481 e. The maximum atomic E-state index is 14.8. The Labute approximate surface area is 818 Å². The first-order chi connectivity index (χ1) is 67.0. The van der Waals surface area contributed by atoms with Crippen LogP contribution in [0.3, 0.4) is 0 Å². The number of hydrogen-bond acceptors (Lipinski definition) is 27. The molecule has 0 radical (unpaired) electrons. The molecule has 5 aromatic rings. The number of primary amides is 1. The van der Waals surface area contributed by atoms with Crippen LogP contribution in [0, 0.1) is 22.7 Å². The number of nitrogens with two attached hydrogens (primary N) is 4. The molecule has 0 aliphatic rings. The zero-order valence-corrected chi connectivity index (χ0v) is 80.4. The van der Waals surface area contributed by atoms with E-state index in [0.29, 0.717) is 28.0 Å². The summed E-state index contributed by atoms with van der Waals surface area (Å²) in [5.74, 6) is -23.7. The van der Waals surface area contributed by atoms with E-state index in [1.54, 1.807) is 80.6 Å². The van der Waals surface area contributed by atoms with Gasteiger partial charge in [-0.05, 0) is 156 Å². The maximum absolute atomic E-state index is 14.8. The molecule has 774 valence electrons. The number of nitrogens with zero attached hydrogens (tertiary/aromatic N) is 3. The van der Waals surface area contributed by atoms with E-state index in [2.05, 4.69) is 95.3 Å². The van der Waals surface area contributed by atoms with Crippen LogP contribution in [-0.4, -0.2) is 271 Å². The smallest absolute Gasteiger partial charge is 0.326 e. The van der Waals surface area contributed by atoms with Crippen molar-refractivity contribution in [1.29, 1.82) is 10.8 Å². The van der Waals surface area contributed by atoms with E-state index in [9.17, 15) is 120 Å². The van der Waals surface area contributed by atoms with Crippen molar-refractivity contribution in [2.45, 2.75) is 221 Å². The molecular formula is C91H129N25O25S. The number of hydrogen-bond donors (Lipinski definition) is 27. The van der Waals surface area contributed by atoms with Crippen molar-refractivity contribution in [3.63, 3.8) is 0 Å². The summed E-state index contributed by atoms with van der Waals surface area (Å²) >= 11 is 0. The van der Waals surface area contributed by atoms with Crippen LogP contribution in [0.25, 0.3) is 10.8 Å². The Balaban J connectivity index is 1.31. The molecule has 0 saturated heterocycles. The minimum atomic E-state index is -4.60. The molecule has 0 aliphatic heterocycles. The third-order valence-electron chi connectivity index (χ3n) is 21.6. The Morgan fingerprint density at radius 1 is 0.408 bits per heavy atom. The molecule has 142 heavy (non-hydrogen) atoms. The lowest BCUT2D eigenvalue weighted by Gasteiger charge is -2.29. The highest BCUT2D eigenvalue weighted by atomic mass is 32.2. The third-order valence-corrected chi connectivity index (χ3v) is 22.6. The van der Waals surface area contributed by atoms with E-state index in [1.807, 2.05) is 31.1 Å². The summed E-state index contributed by atoms with van der Waals surface area (Å²) in [6, 6.07) is 9.56. The van der Waals surface area contributed by atoms with Crippen molar-refractivity contribution < 1.29 is 120 Å². The summed E-state index contributed by atoms with van der Waals surface area (Å²) in [6.07, 6.45) is -6.68. The summed E-state index contributed by atoms with van der Waals surface area (Å²) < 4.78 is 33.9. The quantitative estimate of drug-likeness (QED) is 0.00714. The van der Waals surface area contributed by atoms with Gasteiger partial charge in [-0.25, -0.2) is 4.79 Å². The maximum Gasteiger partial charge on any atom is 0.326 e. The first kappa shape index (κ1) is 117. The van der Waals surface area contributed by atoms with E-state index in [4.69, 9.17) is 33.8 Å². The van der Waals surface area contributed by atoms with E-state index >= 15 is 0 Å². The second-order valence-electron chi connectivity index (χ2n) is 34.2. The van der Waals surface area contributed by atoms with Crippen molar-refractivity contribution in [3.05, 3.63) is 126 Å². The van der Waals surface area contributed by atoms with E-state index in [-0.39, 0.29) is 112 Å². The van der Waals surface area contributed by atoms with E-state index in [0.717, 1.165) is 12.6 Å². The molecule has 0 aliphatic carbocycles. The number of fused-ring (bicyclic) bond motifs is 1. The number of aliphatic carboxylic acids is 4. The van der Waals surface area contributed by atoms with Crippen LogP contribution in [0.5, 0.6) is 0 Å². The molecular weight excluding hydrogens is 1880 g/mol. The number of benzene rings is 5. The SMILES string of the molecule is CC(C)C[C@H](NC(=O)[C@H](CC(N)=O)NC(=O)[C@@H](NC(=O)[C@H](CCC(=O)O)NC(=O)[C@H](CCC(=O)NCCNc1cccc2c(S(=O)(=O)O)cccc12)NC(=O)[C@@H](N)CCCNC(=N)N)C(C)C)C(=O)N[C@@H](CC(=O)O)C(=O)N[C@@H](C)C(=O)N[C@@H](CCC(=O)O)C(=O)N[C@@H](Cc1ccccc1)C(=O)N[C@@H](CCCCNC(=O)c1ccc(N=Nc2ccc(N(C)C)cc2)cc1)C(=O)N[C@@H](CCCNC(=N)N)C(=O)O. The summed E-state index contributed by atoms with van der Waals surface area (Å²) in [7, 11) is -0.805. The van der Waals surface area contributed by atoms with Gasteiger partial charge in [-0.3, -0.25) is 96.9 Å². The van der Waals surface area contributed by atoms with Crippen molar-refractivity contribution in [3.8, 4) is 0 Å². The molecule has 0 fully saturated rings. The van der Waals surface area contributed by atoms with Gasteiger partial charge in [0.1, 0.15) is 71.4 Å². The highest BCUT2D eigenvalue weighted by Crippen LogP contribution is 2.29. The first-order valence-corrected chi connectivity index (χ1v) is 47.0. The lowest BCUT2D eigenvalue weighted by molar-refractivity contribution is -0.142. The number of carbonyl (C=O) groups is 18. The van der Waals surface area contributed by atoms with Gasteiger partial charge in [-0.2, -0.15) is 18.6 Å². The number of unbranched alkanes of at least 4 members (excludes halogenated alkanes) is 1. The van der Waals surface area contributed by atoms with Crippen LogP contribution in [0.15, 0.2) is 130 Å². The second-order valence-corrected chi connectivity index (χ2v) is 35.6. The Kier molecular flexibility index (Phi) is 48.6. The van der Waals surface area contributed by atoms with Crippen molar-refractivity contribution >= 4 is 162 Å². The topological polar surface area (TPSA) is 815 Å². The average molecular weight is 2010 g/mol. The number of amides is 14. The Morgan fingerprint density at radius 3 is 1.39 bits per heavy atom. The largest absolute Gasteiger partial charge is 0.481 e. The predicted octanol–water partition coefficient (Wildman–Crippen LogP) is -1.21. The van der Waals surface area contributed by atoms with Gasteiger partial charge in [-0.1, -0.05) is 82.3 Å². The molecule has 31 N–H and O–H groups in total. The van der Waals surface area contributed by atoms with E-state index < -0.39 is 258 Å². The Morgan fingerprint density at radius 2 is 0.859 bits per heavy atom. The standard InChI is InChI=1S/C91H129N25O25S/c1-49(2)45-66(109-87(135)68(47-71(93)117)112-88(136)76(50(3)4)113-83(131)64(36-39-74(121)122)107-81(129)62(105-79(127)59(92)21-15-41-101-90(94)95)34-37-72(118)99-44-43-98-60-23-13-20-58-57(60)19-14-25-70(58)142(139,140)141)85(133)111-69(48-75(123)124)84(132)103-51(5)77(125)104-63(35-38-73(119)120)82(130)110-67(46-52-17-9-8-10-18-52)86(134)106-61(80(128)108-65(89(137)138)24-16-42-102-91(96)97)22-11-12-40-100-78(126)53-26-28-54(29-27-53)114-115-55-30-32-56(33-31-55)116(6)7/h8-10,13-14,17-20,23,25-33,49-51,59,61-69,76,98H,11-12,15-16,21-22,24,34-48,92H2,1-7H3,(H2,93,117)(H,99,118)(H,100,126)(H,103,132)(H,104,125)(H,105,127)(H,106,134)(H,107,129)(H,108,128)(H,109,135)(H,110,130)(H,111,133)(H,112,136)(H,113,131)(H,119,120)(H,121,122)(H,123,124)(H,137,138)(H4,94,95,101)(H4,96,97,102)(H,139,140,141)/t51-,59-,61-,62-,63-,64-,65-,66-,67-,68-,69-,76-/m0/s1. The molecule has 12 atom stereocenters. The molecule has 14 amide bonds. The number of anilines is 2. The molecule has 0 saturated carbocycles. The minimum absolute atomic E-state index is 0.0298. The lowest BCUT2D eigenvalue weighted by Crippen LogP contribution is -2.61. The number of guanidine groups is 2. The molecule has 0 heterocycles. The van der Waals surface area contributed by atoms with Crippen molar-refractivity contribution in [2.75, 3.05) is 57.0 Å². The van der Waals surface area contributed by atoms with Crippen molar-refractivity contribution in [2.24, 2.45) is 45.0 Å². The number of carboxylic acid groups (broad SMARTS) is 4. The van der Waals surface area contributed by atoms with Crippen molar-refractivity contribution in [1.82, 2.24) is 79.8 Å². The van der Waals surface area contributed by atoms with Crippen LogP contribution in [0.2, 0.25) is 0 Å². The van der Waals surface area contributed by atoms with Crippen LogP contribution >= 0.6 is 0 Å². The Hall–Kier alpha value is -15.6. The monoisotopic (exact) mass is 2000 g/mol. The van der Waals surface area contributed by atoms with Crippen LogP contribution in [0.1, 0.15) is 153 Å². The van der Waals surface area contributed by atoms with Gasteiger partial charge in [-0.15, -0.1) is 0 Å². The summed E-state index contributed by atoms with van der Waals surface area (Å²) in [5.41, 5.74) is 25.6. The highest BCUT2D eigenvalue weighted by Gasteiger charge is 2.39. The molecule has 5 aromatic carbocycles. The average Bonchev–Trinajstić information content (AvgIpc) is 0.783. The van der Waals surface area contributed by atoms with E-state index in [1.165, 1.54) is 50.2 Å². The van der Waals surface area contributed by atoms with Gasteiger partial charge in [0.25, 0.3) is 16.0 Å². The summed E-state index contributed by atoms with van der Waals surface area (Å²) in [5, 5.41) is 104. The fraction of sp³-hybridized carbons (Fsp3) is 0.473. The number of azo groups is 1. The Bertz CT molecular complexity index is 5410. The van der Waals surface area contributed by atoms with Gasteiger partial charge in [0.2, 0.25) is 76.8 Å². The van der Waals surface area contributed by atoms with Crippen LogP contribution in [-0.2, 0) is 98.0 Å². The number of rotatable bonds is 63. The zero-order valence-electron chi connectivity index (χ0n) is 79.6. The predicted molar refractivity (Wildman–Crippen MR) is 517 cm³/mol. The molecule has 50 nitrogen and oxygen atoms in total. The fourth-order valence-electron chi connectivity index (χ4n) is 14.1. The molecule has 0 bridgehead atoms. The number of carboxylic acids is 4. The van der Waals surface area contributed by atoms with Gasteiger partial charge >= 0.3 is 23.9 Å². The van der Waals surface area contributed by atoms with Crippen LogP contribution in [0.4, 0.5) is 22.7 Å². The highest BCUT2D eigenvalue weighted by molar-refractivity contribution is 7.86. The number of nitrogens with one attached hydrogen (secondary N) is 18. The second kappa shape index (κ2) is 59.0. The molecule has 0 unspecified atom stereocenters. The van der Waals surface area contributed by atoms with Gasteiger partial charge in [0.15, 0.2) is 11.9 Å². The zero-order chi connectivity index (χ0) is 106. The lowest BCUT2D eigenvalue weighted by atomic mass is 10.00. The third kappa shape index (κ3) is 42.4. The van der Waals surface area contributed by atoms with Gasteiger partial charge in [0, 0.05) is 100 Å². The van der Waals surface area contributed by atoms with Gasteiger partial charge in [0.05, 0.1) is 30.3 Å². The summed E-state index contributed by atoms with van der Waals surface area (Å²) in [4.78, 5) is 248.